The number of anilines is 1. The van der Waals surface area contributed by atoms with Gasteiger partial charge in [-0.05, 0) is 76.3 Å². The quantitative estimate of drug-likeness (QED) is 0.296. The molecule has 3 aromatic carbocycles. The van der Waals surface area contributed by atoms with Crippen LogP contribution in [0.25, 0.3) is 6.08 Å². The number of aromatic carboxylic acids is 1. The number of rotatable bonds is 8. The largest absolute Gasteiger partial charge is 0.507 e. The molecule has 0 aromatic heterocycles. The zero-order valence-corrected chi connectivity index (χ0v) is 23.7. The molecule has 0 spiro atoms. The molecule has 6 heteroatoms. The van der Waals surface area contributed by atoms with E-state index in [1.165, 1.54) is 23.3 Å². The van der Waals surface area contributed by atoms with E-state index in [-0.39, 0.29) is 22.1 Å². The Kier molecular flexibility index (Phi) is 7.80. The molecule has 0 fully saturated rings. The van der Waals surface area contributed by atoms with Crippen molar-refractivity contribution in [1.82, 2.24) is 0 Å². The van der Waals surface area contributed by atoms with Gasteiger partial charge in [-0.2, -0.15) is 0 Å². The minimum absolute atomic E-state index is 0.0717. The maximum atomic E-state index is 11.2. The molecule has 1 aliphatic carbocycles. The third-order valence-corrected chi connectivity index (χ3v) is 7.82. The summed E-state index contributed by atoms with van der Waals surface area (Å²) >= 11 is 0. The van der Waals surface area contributed by atoms with E-state index in [1.54, 1.807) is 18.2 Å². The van der Waals surface area contributed by atoms with Gasteiger partial charge in [0.2, 0.25) is 0 Å². The molecule has 1 unspecified atom stereocenters. The molecular weight excluding hydrogens is 490 g/mol. The van der Waals surface area contributed by atoms with Crippen molar-refractivity contribution in [3.05, 3.63) is 94.1 Å². The van der Waals surface area contributed by atoms with E-state index < -0.39 is 12.1 Å². The number of aromatic hydroxyl groups is 1. The molecule has 0 saturated heterocycles. The van der Waals surface area contributed by atoms with Crippen LogP contribution < -0.4 is 9.64 Å². The predicted octanol–water partition coefficient (Wildman–Crippen LogP) is 6.83. The average molecular weight is 530 g/mol. The third-order valence-electron chi connectivity index (χ3n) is 7.82. The molecule has 0 bridgehead atoms. The second-order valence-corrected chi connectivity index (χ2v) is 11.9. The van der Waals surface area contributed by atoms with Gasteiger partial charge in [-0.1, -0.05) is 64.1 Å². The Hall–Kier alpha value is -3.77. The van der Waals surface area contributed by atoms with Crippen LogP contribution in [-0.2, 0) is 17.4 Å². The molecule has 206 valence electrons. The lowest BCUT2D eigenvalue weighted by Crippen LogP contribution is -2.34. The molecule has 4 rings (SSSR count). The first kappa shape index (κ1) is 28.2. The number of carboxylic acid groups (broad SMARTS) is 1. The molecule has 3 aromatic rings. The summed E-state index contributed by atoms with van der Waals surface area (Å²) in [6.07, 6.45) is 4.47. The van der Waals surface area contributed by atoms with Crippen molar-refractivity contribution in [3.8, 4) is 11.5 Å². The smallest absolute Gasteiger partial charge is 0.339 e. The van der Waals surface area contributed by atoms with Gasteiger partial charge in [0.1, 0.15) is 23.7 Å². The summed E-state index contributed by atoms with van der Waals surface area (Å²) in [6.45, 7) is 9.40. The van der Waals surface area contributed by atoms with Gasteiger partial charge in [-0.3, -0.25) is 0 Å². The van der Waals surface area contributed by atoms with Crippen LogP contribution in [0.4, 0.5) is 5.69 Å². The van der Waals surface area contributed by atoms with Crippen LogP contribution in [0.5, 0.6) is 11.5 Å². The Morgan fingerprint density at radius 1 is 1.00 bits per heavy atom. The van der Waals surface area contributed by atoms with Crippen LogP contribution in [0.1, 0.15) is 84.8 Å². The molecule has 0 heterocycles. The third kappa shape index (κ3) is 6.12. The zero-order chi connectivity index (χ0) is 28.5. The SMILES string of the molecule is CN(C)c1ccc(COc2cc(C(O)/C=C/c3ccc(C(=O)O)c(O)c3)cc3c2C(C)(C)CCC3(C)C)cc1. The van der Waals surface area contributed by atoms with Crippen molar-refractivity contribution in [2.45, 2.75) is 64.1 Å². The van der Waals surface area contributed by atoms with E-state index in [2.05, 4.69) is 62.9 Å². The fourth-order valence-corrected chi connectivity index (χ4v) is 5.24. The van der Waals surface area contributed by atoms with Crippen LogP contribution in [0.15, 0.2) is 60.7 Å². The number of aliphatic hydroxyl groups excluding tert-OH is 1. The molecule has 1 atom stereocenters. The summed E-state index contributed by atoms with van der Waals surface area (Å²) in [7, 11) is 4.03. The second kappa shape index (κ2) is 10.8. The van der Waals surface area contributed by atoms with Gasteiger partial charge in [-0.25, -0.2) is 4.79 Å². The lowest BCUT2D eigenvalue weighted by Gasteiger charge is -2.43. The minimum atomic E-state index is -1.19. The number of aliphatic hydroxyl groups is 1. The number of nitrogens with zero attached hydrogens (tertiary/aromatic N) is 1. The van der Waals surface area contributed by atoms with Crippen LogP contribution in [0.3, 0.4) is 0 Å². The first-order valence-electron chi connectivity index (χ1n) is 13.3. The number of carboxylic acids is 1. The fraction of sp³-hybridized carbons (Fsp3) is 0.364. The number of carbonyl (C=O) groups is 1. The standard InChI is InChI=1S/C33H39NO5/c1-32(2)15-16-33(3,4)30-26(32)18-23(19-29(30)39-20-22-7-11-24(12-8-22)34(5)6)27(35)14-10-21-9-13-25(31(37)38)28(36)17-21/h7-14,17-19,27,35-36H,15-16,20H2,1-6H3,(H,37,38)/b14-10+. The van der Waals surface area contributed by atoms with Gasteiger partial charge in [0.05, 0.1) is 6.10 Å². The van der Waals surface area contributed by atoms with Crippen molar-refractivity contribution >= 4 is 17.7 Å². The molecule has 39 heavy (non-hydrogen) atoms. The van der Waals surface area contributed by atoms with Gasteiger partial charge in [-0.15, -0.1) is 0 Å². The van der Waals surface area contributed by atoms with Gasteiger partial charge in [0.15, 0.2) is 0 Å². The van der Waals surface area contributed by atoms with Gasteiger partial charge >= 0.3 is 5.97 Å². The molecule has 3 N–H and O–H groups in total. The minimum Gasteiger partial charge on any atom is -0.507 e. The lowest BCUT2D eigenvalue weighted by atomic mass is 9.62. The number of fused-ring (bicyclic) bond motifs is 1. The van der Waals surface area contributed by atoms with Gasteiger partial charge in [0.25, 0.3) is 0 Å². The highest BCUT2D eigenvalue weighted by Crippen LogP contribution is 2.50. The summed E-state index contributed by atoms with van der Waals surface area (Å²) in [5.74, 6) is -0.720. The summed E-state index contributed by atoms with van der Waals surface area (Å²) < 4.78 is 6.49. The topological polar surface area (TPSA) is 90.2 Å². The van der Waals surface area contributed by atoms with E-state index >= 15 is 0 Å². The summed E-state index contributed by atoms with van der Waals surface area (Å²) in [5.41, 5.74) is 5.58. The molecular formula is C33H39NO5. The average Bonchev–Trinajstić information content (AvgIpc) is 2.88. The van der Waals surface area contributed by atoms with Crippen LogP contribution in [-0.4, -0.2) is 35.4 Å². The van der Waals surface area contributed by atoms with E-state index in [4.69, 9.17) is 9.84 Å². The van der Waals surface area contributed by atoms with E-state index in [0.717, 1.165) is 35.4 Å². The first-order chi connectivity index (χ1) is 18.3. The predicted molar refractivity (Wildman–Crippen MR) is 156 cm³/mol. The Labute approximate surface area is 231 Å². The summed E-state index contributed by atoms with van der Waals surface area (Å²) in [4.78, 5) is 13.2. The highest BCUT2D eigenvalue weighted by Gasteiger charge is 2.40. The molecule has 0 amide bonds. The number of benzene rings is 3. The normalized spacial score (nSPS) is 16.5. The van der Waals surface area contributed by atoms with Crippen molar-refractivity contribution in [2.75, 3.05) is 19.0 Å². The Morgan fingerprint density at radius 3 is 2.28 bits per heavy atom. The summed E-state index contributed by atoms with van der Waals surface area (Å²) in [5, 5.41) is 30.3. The van der Waals surface area contributed by atoms with Crippen molar-refractivity contribution in [1.29, 1.82) is 0 Å². The number of hydrogen-bond donors (Lipinski definition) is 3. The van der Waals surface area contributed by atoms with Gasteiger partial charge in [0, 0.05) is 25.3 Å². The summed E-state index contributed by atoms with van der Waals surface area (Å²) in [6, 6.07) is 16.7. The van der Waals surface area contributed by atoms with Crippen LogP contribution in [0.2, 0.25) is 0 Å². The van der Waals surface area contributed by atoms with Crippen LogP contribution >= 0.6 is 0 Å². The van der Waals surface area contributed by atoms with E-state index in [9.17, 15) is 15.0 Å². The fourth-order valence-electron chi connectivity index (χ4n) is 5.24. The van der Waals surface area contributed by atoms with Crippen molar-refractivity contribution < 1.29 is 24.9 Å². The second-order valence-electron chi connectivity index (χ2n) is 11.9. The Balaban J connectivity index is 1.68. The maximum absolute atomic E-state index is 11.2. The number of phenols is 1. The highest BCUT2D eigenvalue weighted by atomic mass is 16.5. The van der Waals surface area contributed by atoms with Crippen molar-refractivity contribution in [3.63, 3.8) is 0 Å². The molecule has 1 aliphatic rings. The Morgan fingerprint density at radius 2 is 1.67 bits per heavy atom. The first-order valence-corrected chi connectivity index (χ1v) is 13.3. The zero-order valence-electron chi connectivity index (χ0n) is 23.7. The lowest BCUT2D eigenvalue weighted by molar-refractivity contribution is 0.0693. The van der Waals surface area contributed by atoms with Crippen molar-refractivity contribution in [2.24, 2.45) is 0 Å². The molecule has 0 saturated carbocycles. The molecule has 6 nitrogen and oxygen atoms in total. The highest BCUT2D eigenvalue weighted by molar-refractivity contribution is 5.91. The molecule has 0 aliphatic heterocycles. The van der Waals surface area contributed by atoms with E-state index in [0.29, 0.717) is 12.2 Å². The molecule has 0 radical (unpaired) electrons. The van der Waals surface area contributed by atoms with E-state index in [1.807, 2.05) is 20.2 Å². The monoisotopic (exact) mass is 529 g/mol. The number of hydrogen-bond acceptors (Lipinski definition) is 5. The Bertz CT molecular complexity index is 1390. The van der Waals surface area contributed by atoms with Gasteiger partial charge < -0.3 is 25.0 Å². The maximum Gasteiger partial charge on any atom is 0.339 e. The number of ether oxygens (including phenoxy) is 1. The van der Waals surface area contributed by atoms with Crippen LogP contribution in [0, 0.1) is 0 Å².